The van der Waals surface area contributed by atoms with Crippen molar-refractivity contribution in [3.63, 3.8) is 0 Å². The maximum absolute atomic E-state index is 10.3. The summed E-state index contributed by atoms with van der Waals surface area (Å²) in [6.07, 6.45) is 2.43. The molecule has 0 aliphatic heterocycles. The van der Waals surface area contributed by atoms with Gasteiger partial charge in [-0.05, 0) is 0 Å². The summed E-state index contributed by atoms with van der Waals surface area (Å²) in [6, 6.07) is -0.863. The van der Waals surface area contributed by atoms with Crippen LogP contribution in [0, 0.1) is 0 Å². The number of aromatic amines is 1. The van der Waals surface area contributed by atoms with Crippen molar-refractivity contribution in [2.75, 3.05) is 13.2 Å². The van der Waals surface area contributed by atoms with E-state index in [-0.39, 0.29) is 19.6 Å². The summed E-state index contributed by atoms with van der Waals surface area (Å²) < 4.78 is 0. The average Bonchev–Trinajstić information content (AvgIpc) is 2.81. The topological polar surface area (TPSA) is 153 Å². The van der Waals surface area contributed by atoms with Crippen LogP contribution in [0.4, 0.5) is 0 Å². The molecule has 8 nitrogen and oxygen atoms in total. The van der Waals surface area contributed by atoms with E-state index in [0.29, 0.717) is 5.69 Å². The molecular weight excluding hydrogens is 230 g/mol. The summed E-state index contributed by atoms with van der Waals surface area (Å²) in [5, 5.41) is 32.4. The van der Waals surface area contributed by atoms with Gasteiger partial charge < -0.3 is 31.1 Å². The second kappa shape index (κ2) is 8.65. The number of aliphatic carboxylic acids is 1. The summed E-state index contributed by atoms with van der Waals surface area (Å²) in [5.41, 5.74) is 5.92. The fourth-order valence-electron chi connectivity index (χ4n) is 0.773. The SMILES string of the molecule is NC(Cc1c[nH]cn1)C(=O)O.OCC(O)CO. The zero-order valence-corrected chi connectivity index (χ0v) is 9.15. The molecular formula is C9H17N3O5. The van der Waals surface area contributed by atoms with Gasteiger partial charge in [0.15, 0.2) is 0 Å². The number of imidazole rings is 1. The summed E-state index contributed by atoms with van der Waals surface area (Å²) >= 11 is 0. The Morgan fingerprint density at radius 1 is 1.47 bits per heavy atom. The molecule has 0 aliphatic rings. The molecule has 0 saturated heterocycles. The molecule has 1 aromatic heterocycles. The van der Waals surface area contributed by atoms with Crippen LogP contribution in [0.5, 0.6) is 0 Å². The van der Waals surface area contributed by atoms with Crippen molar-refractivity contribution in [3.05, 3.63) is 18.2 Å². The highest BCUT2D eigenvalue weighted by Gasteiger charge is 2.12. The van der Waals surface area contributed by atoms with Crippen molar-refractivity contribution < 1.29 is 25.2 Å². The Morgan fingerprint density at radius 3 is 2.35 bits per heavy atom. The minimum absolute atomic E-state index is 0.263. The van der Waals surface area contributed by atoms with Gasteiger partial charge in [0, 0.05) is 12.6 Å². The van der Waals surface area contributed by atoms with Gasteiger partial charge in [0.05, 0.1) is 25.2 Å². The number of aliphatic hydroxyl groups excluding tert-OH is 3. The van der Waals surface area contributed by atoms with Crippen molar-refractivity contribution in [2.24, 2.45) is 5.73 Å². The number of nitrogens with one attached hydrogen (secondary N) is 1. The Hall–Kier alpha value is -1.48. The van der Waals surface area contributed by atoms with Crippen LogP contribution >= 0.6 is 0 Å². The lowest BCUT2D eigenvalue weighted by atomic mass is 10.2. The third-order valence-corrected chi connectivity index (χ3v) is 1.72. The molecule has 0 radical (unpaired) electrons. The molecule has 7 N–H and O–H groups in total. The number of aliphatic hydroxyl groups is 3. The quantitative estimate of drug-likeness (QED) is 0.342. The van der Waals surface area contributed by atoms with Crippen molar-refractivity contribution in [3.8, 4) is 0 Å². The van der Waals surface area contributed by atoms with E-state index in [1.807, 2.05) is 0 Å². The lowest BCUT2D eigenvalue weighted by molar-refractivity contribution is -0.138. The van der Waals surface area contributed by atoms with Gasteiger partial charge >= 0.3 is 5.97 Å². The fraction of sp³-hybridized carbons (Fsp3) is 0.556. The van der Waals surface area contributed by atoms with E-state index in [1.54, 1.807) is 6.20 Å². The highest BCUT2D eigenvalue weighted by atomic mass is 16.4. The van der Waals surface area contributed by atoms with Gasteiger partial charge in [-0.3, -0.25) is 4.79 Å². The normalized spacial score (nSPS) is 11.8. The van der Waals surface area contributed by atoms with Gasteiger partial charge in [-0.25, -0.2) is 4.98 Å². The van der Waals surface area contributed by atoms with E-state index in [9.17, 15) is 4.79 Å². The van der Waals surface area contributed by atoms with Crippen LogP contribution in [0.2, 0.25) is 0 Å². The Labute approximate surface area is 97.7 Å². The van der Waals surface area contributed by atoms with Gasteiger partial charge in [0.25, 0.3) is 0 Å². The van der Waals surface area contributed by atoms with E-state index < -0.39 is 18.1 Å². The summed E-state index contributed by atoms with van der Waals surface area (Å²) in [7, 11) is 0. The van der Waals surface area contributed by atoms with Gasteiger partial charge in [0.2, 0.25) is 0 Å². The first-order valence-corrected chi connectivity index (χ1v) is 4.87. The number of nitrogens with zero attached hydrogens (tertiary/aromatic N) is 1. The predicted octanol–water partition coefficient (Wildman–Crippen LogP) is -2.30. The van der Waals surface area contributed by atoms with Crippen molar-refractivity contribution in [1.29, 1.82) is 0 Å². The molecule has 0 fully saturated rings. The molecule has 1 heterocycles. The van der Waals surface area contributed by atoms with Crippen molar-refractivity contribution in [1.82, 2.24) is 9.97 Å². The van der Waals surface area contributed by atoms with Crippen LogP contribution in [-0.4, -0.2) is 61.7 Å². The number of nitrogens with two attached hydrogens (primary N) is 1. The smallest absolute Gasteiger partial charge is 0.320 e. The second-order valence-corrected chi connectivity index (χ2v) is 3.23. The third-order valence-electron chi connectivity index (χ3n) is 1.72. The van der Waals surface area contributed by atoms with Crippen LogP contribution in [0.25, 0.3) is 0 Å². The second-order valence-electron chi connectivity index (χ2n) is 3.23. The largest absolute Gasteiger partial charge is 0.480 e. The number of carboxylic acid groups (broad SMARTS) is 1. The summed E-state index contributed by atoms with van der Waals surface area (Å²) in [5.74, 6) is -1.01. The highest BCUT2D eigenvalue weighted by Crippen LogP contribution is 1.95. The maximum Gasteiger partial charge on any atom is 0.320 e. The molecule has 17 heavy (non-hydrogen) atoms. The van der Waals surface area contributed by atoms with Crippen LogP contribution in [0.3, 0.4) is 0 Å². The molecule has 0 amide bonds. The first kappa shape index (κ1) is 15.5. The molecule has 0 saturated carbocycles. The van der Waals surface area contributed by atoms with E-state index >= 15 is 0 Å². The first-order valence-electron chi connectivity index (χ1n) is 4.87. The number of H-pyrrole nitrogens is 1. The third kappa shape index (κ3) is 7.41. The van der Waals surface area contributed by atoms with Crippen LogP contribution in [0.15, 0.2) is 12.5 Å². The zero-order chi connectivity index (χ0) is 13.3. The minimum Gasteiger partial charge on any atom is -0.480 e. The molecule has 1 rings (SSSR count). The first-order chi connectivity index (χ1) is 8.01. The van der Waals surface area contributed by atoms with Gasteiger partial charge in [-0.15, -0.1) is 0 Å². The Kier molecular flexibility index (Phi) is 7.89. The molecule has 1 atom stereocenters. The maximum atomic E-state index is 10.3. The number of carbonyl (C=O) groups is 1. The van der Waals surface area contributed by atoms with Crippen molar-refractivity contribution in [2.45, 2.75) is 18.6 Å². The molecule has 98 valence electrons. The Morgan fingerprint density at radius 2 is 2.06 bits per heavy atom. The number of hydrogen-bond acceptors (Lipinski definition) is 6. The van der Waals surface area contributed by atoms with E-state index in [2.05, 4.69) is 9.97 Å². The summed E-state index contributed by atoms with van der Waals surface area (Å²) in [6.45, 7) is -0.729. The molecule has 0 aromatic carbocycles. The Balaban J connectivity index is 0.000000366. The molecule has 1 aromatic rings. The highest BCUT2D eigenvalue weighted by molar-refractivity contribution is 5.73. The van der Waals surface area contributed by atoms with Gasteiger partial charge in [-0.1, -0.05) is 0 Å². The molecule has 0 bridgehead atoms. The van der Waals surface area contributed by atoms with E-state index in [0.717, 1.165) is 0 Å². The van der Waals surface area contributed by atoms with E-state index in [4.69, 9.17) is 26.2 Å². The van der Waals surface area contributed by atoms with Gasteiger partial charge in [0.1, 0.15) is 12.1 Å². The number of hydrogen-bond donors (Lipinski definition) is 6. The average molecular weight is 247 g/mol. The van der Waals surface area contributed by atoms with Crippen molar-refractivity contribution >= 4 is 5.97 Å². The monoisotopic (exact) mass is 247 g/mol. The fourth-order valence-corrected chi connectivity index (χ4v) is 0.773. The number of rotatable bonds is 5. The van der Waals surface area contributed by atoms with Crippen LogP contribution in [0.1, 0.15) is 5.69 Å². The lowest BCUT2D eigenvalue weighted by Crippen LogP contribution is -2.32. The standard InChI is InChI=1S/C6H9N3O2.C3H8O3/c7-5(6(10)11)1-4-2-8-3-9-4;4-1-3(6)2-5/h2-3,5H,1,7H2,(H,8,9)(H,10,11);3-6H,1-2H2. The lowest BCUT2D eigenvalue weighted by Gasteiger charge is -2.01. The van der Waals surface area contributed by atoms with E-state index in [1.165, 1.54) is 6.33 Å². The summed E-state index contributed by atoms with van der Waals surface area (Å²) in [4.78, 5) is 16.8. The number of carboxylic acids is 1. The minimum atomic E-state index is -1.01. The van der Waals surface area contributed by atoms with Crippen LogP contribution in [-0.2, 0) is 11.2 Å². The zero-order valence-electron chi connectivity index (χ0n) is 9.15. The Bertz CT molecular complexity index is 300. The molecule has 1 unspecified atom stereocenters. The number of aromatic nitrogens is 2. The molecule has 0 spiro atoms. The predicted molar refractivity (Wildman–Crippen MR) is 58.1 cm³/mol. The molecule has 8 heteroatoms. The molecule has 0 aliphatic carbocycles. The van der Waals surface area contributed by atoms with Gasteiger partial charge in [-0.2, -0.15) is 0 Å². The van der Waals surface area contributed by atoms with Crippen LogP contribution < -0.4 is 5.73 Å².